The Balaban J connectivity index is 1.76. The van der Waals surface area contributed by atoms with Crippen LogP contribution in [0.1, 0.15) is 25.5 Å². The lowest BCUT2D eigenvalue weighted by molar-refractivity contribution is -0.143. The maximum absolute atomic E-state index is 13.4. The molecule has 140 valence electrons. The van der Waals surface area contributed by atoms with Crippen LogP contribution in [0.15, 0.2) is 54.6 Å². The van der Waals surface area contributed by atoms with Crippen LogP contribution in [0.5, 0.6) is 0 Å². The topological polar surface area (TPSA) is 49.9 Å². The first-order valence-corrected chi connectivity index (χ1v) is 9.09. The van der Waals surface area contributed by atoms with Crippen LogP contribution in [0, 0.1) is 17.7 Å². The van der Waals surface area contributed by atoms with E-state index in [2.05, 4.69) is 0 Å². The molecule has 0 saturated carbocycles. The minimum absolute atomic E-state index is 0.172. The van der Waals surface area contributed by atoms with E-state index in [1.807, 2.05) is 44.2 Å². The van der Waals surface area contributed by atoms with Gasteiger partial charge in [-0.25, -0.2) is 9.45 Å². The molecule has 0 radical (unpaired) electrons. The Labute approximate surface area is 157 Å². The first-order chi connectivity index (χ1) is 13.0. The summed E-state index contributed by atoms with van der Waals surface area (Å²) in [5.74, 6) is -1.36. The molecule has 6 heteroatoms. The van der Waals surface area contributed by atoms with E-state index < -0.39 is 18.1 Å². The SMILES string of the molecule is CC(C)CN1C(=O)[C@H]2[C@@H](c3ccc(F)cc3)N(c3ccccc3)O[C@H]2C1=O. The standard InChI is InChI=1S/C21H21FN2O3/c1-13(2)12-23-20(25)17-18(14-8-10-15(22)11-9-14)24(27-19(17)21(23)26)16-6-4-3-5-7-16/h3-11,13,17-19H,12H2,1-2H3/t17-,18+,19+/m0/s1. The average molecular weight is 368 g/mol. The van der Waals surface area contributed by atoms with E-state index in [4.69, 9.17) is 4.84 Å². The number of anilines is 1. The number of halogens is 1. The molecule has 2 aromatic rings. The molecule has 2 aliphatic rings. The zero-order valence-electron chi connectivity index (χ0n) is 15.2. The maximum Gasteiger partial charge on any atom is 0.262 e. The largest absolute Gasteiger partial charge is 0.280 e. The summed E-state index contributed by atoms with van der Waals surface area (Å²) < 4.78 is 13.4. The van der Waals surface area contributed by atoms with Crippen molar-refractivity contribution in [2.24, 2.45) is 11.8 Å². The van der Waals surface area contributed by atoms with E-state index >= 15 is 0 Å². The van der Waals surface area contributed by atoms with Crippen molar-refractivity contribution in [2.45, 2.75) is 26.0 Å². The third kappa shape index (κ3) is 3.00. The predicted octanol–water partition coefficient (Wildman–Crippen LogP) is 3.33. The summed E-state index contributed by atoms with van der Waals surface area (Å²) in [4.78, 5) is 33.2. The number of carbonyl (C=O) groups excluding carboxylic acids is 2. The zero-order chi connectivity index (χ0) is 19.1. The molecule has 2 heterocycles. The Morgan fingerprint density at radius 2 is 1.67 bits per heavy atom. The number of fused-ring (bicyclic) bond motifs is 1. The molecule has 3 atom stereocenters. The molecule has 0 bridgehead atoms. The van der Waals surface area contributed by atoms with Crippen LogP contribution in [-0.2, 0) is 14.4 Å². The van der Waals surface area contributed by atoms with Gasteiger partial charge < -0.3 is 0 Å². The van der Waals surface area contributed by atoms with Gasteiger partial charge in [0.25, 0.3) is 5.91 Å². The Bertz CT molecular complexity index is 853. The van der Waals surface area contributed by atoms with Crippen LogP contribution < -0.4 is 5.06 Å². The number of rotatable bonds is 4. The van der Waals surface area contributed by atoms with E-state index in [-0.39, 0.29) is 23.5 Å². The molecule has 27 heavy (non-hydrogen) atoms. The highest BCUT2D eigenvalue weighted by atomic mass is 19.1. The molecule has 4 rings (SSSR count). The van der Waals surface area contributed by atoms with Gasteiger partial charge in [-0.2, -0.15) is 0 Å². The van der Waals surface area contributed by atoms with Gasteiger partial charge in [0.2, 0.25) is 5.91 Å². The summed E-state index contributed by atoms with van der Waals surface area (Å²) in [7, 11) is 0. The van der Waals surface area contributed by atoms with Crippen molar-refractivity contribution in [1.82, 2.24) is 4.90 Å². The van der Waals surface area contributed by atoms with E-state index in [0.29, 0.717) is 6.54 Å². The highest BCUT2D eigenvalue weighted by molar-refractivity contribution is 6.07. The minimum atomic E-state index is -0.855. The highest BCUT2D eigenvalue weighted by Crippen LogP contribution is 2.46. The lowest BCUT2D eigenvalue weighted by atomic mass is 9.90. The number of likely N-dealkylation sites (tertiary alicyclic amines) is 1. The molecule has 0 aromatic heterocycles. The molecule has 0 N–H and O–H groups in total. The van der Waals surface area contributed by atoms with Crippen molar-refractivity contribution >= 4 is 17.5 Å². The van der Waals surface area contributed by atoms with Gasteiger partial charge >= 0.3 is 0 Å². The lowest BCUT2D eigenvalue weighted by Gasteiger charge is -2.29. The second-order valence-corrected chi connectivity index (χ2v) is 7.39. The molecule has 2 aromatic carbocycles. The molecular formula is C21H21FN2O3. The quantitative estimate of drug-likeness (QED) is 0.777. The molecule has 2 amide bonds. The van der Waals surface area contributed by atoms with Gasteiger partial charge in [-0.05, 0) is 35.7 Å². The Kier molecular flexibility index (Phi) is 4.44. The highest BCUT2D eigenvalue weighted by Gasteiger charge is 2.59. The van der Waals surface area contributed by atoms with Crippen molar-refractivity contribution in [3.05, 3.63) is 66.0 Å². The number of benzene rings is 2. The number of imide groups is 1. The zero-order valence-corrected chi connectivity index (χ0v) is 15.2. The predicted molar refractivity (Wildman–Crippen MR) is 98.0 cm³/mol. The number of carbonyl (C=O) groups is 2. The maximum atomic E-state index is 13.4. The van der Waals surface area contributed by atoms with Crippen LogP contribution in [-0.4, -0.2) is 29.4 Å². The monoisotopic (exact) mass is 368 g/mol. The van der Waals surface area contributed by atoms with Crippen molar-refractivity contribution < 1.29 is 18.8 Å². The van der Waals surface area contributed by atoms with Crippen LogP contribution in [0.2, 0.25) is 0 Å². The van der Waals surface area contributed by atoms with Crippen molar-refractivity contribution in [3.63, 3.8) is 0 Å². The summed E-state index contributed by atoms with van der Waals surface area (Å²) in [6.07, 6.45) is -0.855. The minimum Gasteiger partial charge on any atom is -0.280 e. The molecule has 0 unspecified atom stereocenters. The second-order valence-electron chi connectivity index (χ2n) is 7.39. The summed E-state index contributed by atoms with van der Waals surface area (Å²) in [5.41, 5.74) is 1.48. The van der Waals surface area contributed by atoms with Gasteiger partial charge in [-0.1, -0.05) is 44.2 Å². The second kappa shape index (κ2) is 6.78. The molecule has 2 aliphatic heterocycles. The molecule has 2 saturated heterocycles. The van der Waals surface area contributed by atoms with Gasteiger partial charge in [0.05, 0.1) is 11.7 Å². The molecule has 0 spiro atoms. The van der Waals surface area contributed by atoms with Crippen LogP contribution in [0.3, 0.4) is 0 Å². The average Bonchev–Trinajstić information content (AvgIpc) is 3.15. The van der Waals surface area contributed by atoms with Crippen molar-refractivity contribution in [3.8, 4) is 0 Å². The normalized spacial score (nSPS) is 24.8. The Morgan fingerprint density at radius 3 is 2.30 bits per heavy atom. The number of nitrogens with zero attached hydrogens (tertiary/aromatic N) is 2. The van der Waals surface area contributed by atoms with Gasteiger partial charge in [0.1, 0.15) is 11.7 Å². The first-order valence-electron chi connectivity index (χ1n) is 9.09. The number of hydrogen-bond donors (Lipinski definition) is 0. The van der Waals surface area contributed by atoms with Gasteiger partial charge in [-0.15, -0.1) is 0 Å². The van der Waals surface area contributed by atoms with E-state index in [9.17, 15) is 14.0 Å². The third-order valence-electron chi connectivity index (χ3n) is 4.98. The van der Waals surface area contributed by atoms with Crippen molar-refractivity contribution in [2.75, 3.05) is 11.6 Å². The van der Waals surface area contributed by atoms with E-state index in [0.717, 1.165) is 11.3 Å². The molecular weight excluding hydrogens is 347 g/mol. The first kappa shape index (κ1) is 17.7. The van der Waals surface area contributed by atoms with E-state index in [1.54, 1.807) is 17.2 Å². The summed E-state index contributed by atoms with van der Waals surface area (Å²) in [6, 6.07) is 14.8. The molecule has 5 nitrogen and oxygen atoms in total. The number of hydrogen-bond acceptors (Lipinski definition) is 4. The van der Waals surface area contributed by atoms with Crippen molar-refractivity contribution in [1.29, 1.82) is 0 Å². The fourth-order valence-electron chi connectivity index (χ4n) is 3.81. The molecule has 0 aliphatic carbocycles. The fourth-order valence-corrected chi connectivity index (χ4v) is 3.81. The third-order valence-corrected chi connectivity index (χ3v) is 4.98. The van der Waals surface area contributed by atoms with E-state index in [1.165, 1.54) is 17.0 Å². The van der Waals surface area contributed by atoms with Gasteiger partial charge in [0, 0.05) is 6.54 Å². The Hall–Kier alpha value is -2.73. The van der Waals surface area contributed by atoms with Gasteiger partial charge in [-0.3, -0.25) is 19.3 Å². The van der Waals surface area contributed by atoms with Crippen LogP contribution in [0.4, 0.5) is 10.1 Å². The van der Waals surface area contributed by atoms with Crippen LogP contribution in [0.25, 0.3) is 0 Å². The smallest absolute Gasteiger partial charge is 0.262 e. The summed E-state index contributed by atoms with van der Waals surface area (Å²) in [5, 5.41) is 1.62. The summed E-state index contributed by atoms with van der Waals surface area (Å²) in [6.45, 7) is 4.29. The molecule has 2 fully saturated rings. The Morgan fingerprint density at radius 1 is 1.00 bits per heavy atom. The fraction of sp³-hybridized carbons (Fsp3) is 0.333. The number of amides is 2. The number of hydroxylamine groups is 1. The van der Waals surface area contributed by atoms with Crippen LogP contribution >= 0.6 is 0 Å². The summed E-state index contributed by atoms with van der Waals surface area (Å²) >= 11 is 0. The number of para-hydroxylation sites is 1. The lowest BCUT2D eigenvalue weighted by Crippen LogP contribution is -2.39. The van der Waals surface area contributed by atoms with Gasteiger partial charge in [0.15, 0.2) is 6.10 Å².